The molecule has 1 aromatic rings. The number of rotatable bonds is 9. The molecule has 19 heavy (non-hydrogen) atoms. The molecule has 0 unspecified atom stereocenters. The Kier molecular flexibility index (Phi) is 6.86. The van der Waals surface area contributed by atoms with Gasteiger partial charge in [-0.05, 0) is 30.7 Å². The monoisotopic (exact) mass is 262 g/mol. The smallest absolute Gasteiger partial charge is 0.163 e. The third-order valence-electron chi connectivity index (χ3n) is 3.13. The molecule has 0 aliphatic rings. The van der Waals surface area contributed by atoms with Gasteiger partial charge >= 0.3 is 0 Å². The summed E-state index contributed by atoms with van der Waals surface area (Å²) in [6.07, 6.45) is 5.52. The minimum atomic E-state index is -0.0399. The average molecular weight is 262 g/mol. The van der Waals surface area contributed by atoms with E-state index < -0.39 is 0 Å². The molecule has 0 spiro atoms. The lowest BCUT2D eigenvalue weighted by Crippen LogP contribution is -2.04. The Morgan fingerprint density at radius 1 is 0.947 bits per heavy atom. The van der Waals surface area contributed by atoms with Gasteiger partial charge in [-0.15, -0.1) is 0 Å². The van der Waals surface area contributed by atoms with Gasteiger partial charge in [0.05, 0.1) is 0 Å². The van der Waals surface area contributed by atoms with Crippen LogP contribution in [0.1, 0.15) is 62.2 Å². The van der Waals surface area contributed by atoms with Crippen LogP contribution in [0.15, 0.2) is 24.3 Å². The van der Waals surface area contributed by atoms with E-state index in [1.165, 1.54) is 18.6 Å². The molecule has 0 atom stereocenters. The maximum absolute atomic E-state index is 11.8. The Morgan fingerprint density at radius 3 is 2.26 bits per heavy atom. The zero-order valence-corrected chi connectivity index (χ0v) is 11.5. The maximum atomic E-state index is 11.8. The van der Waals surface area contributed by atoms with Gasteiger partial charge in [0.2, 0.25) is 0 Å². The van der Waals surface area contributed by atoms with E-state index in [0.29, 0.717) is 18.4 Å². The lowest BCUT2D eigenvalue weighted by molar-refractivity contribution is -0.119. The first kappa shape index (κ1) is 15.4. The zero-order valence-electron chi connectivity index (χ0n) is 11.5. The number of phenolic OH excluding ortho intramolecular Hbond substituents is 1. The number of hydrogen-bond donors (Lipinski definition) is 1. The summed E-state index contributed by atoms with van der Waals surface area (Å²) >= 11 is 0. The van der Waals surface area contributed by atoms with Crippen LogP contribution in [0.3, 0.4) is 0 Å². The first-order valence-corrected chi connectivity index (χ1v) is 6.97. The van der Waals surface area contributed by atoms with Crippen molar-refractivity contribution in [2.45, 2.75) is 51.9 Å². The molecule has 0 aliphatic heterocycles. The molecule has 0 bridgehead atoms. The number of benzene rings is 1. The van der Waals surface area contributed by atoms with Gasteiger partial charge in [-0.3, -0.25) is 9.59 Å². The normalized spacial score (nSPS) is 10.4. The van der Waals surface area contributed by atoms with Crippen LogP contribution < -0.4 is 0 Å². The molecule has 1 rings (SSSR count). The van der Waals surface area contributed by atoms with Gasteiger partial charge in [-0.25, -0.2) is 0 Å². The van der Waals surface area contributed by atoms with Crippen molar-refractivity contribution in [2.75, 3.05) is 0 Å². The minimum absolute atomic E-state index is 0.0399. The Balaban J connectivity index is 2.26. The highest BCUT2D eigenvalue weighted by Crippen LogP contribution is 2.13. The maximum Gasteiger partial charge on any atom is 0.163 e. The first-order chi connectivity index (χ1) is 9.13. The summed E-state index contributed by atoms with van der Waals surface area (Å²) in [5, 5.41) is 9.13. The van der Waals surface area contributed by atoms with Gasteiger partial charge in [-0.1, -0.05) is 26.2 Å². The molecule has 1 aromatic carbocycles. The number of phenols is 1. The van der Waals surface area contributed by atoms with Crippen molar-refractivity contribution in [3.63, 3.8) is 0 Å². The van der Waals surface area contributed by atoms with E-state index in [-0.39, 0.29) is 23.7 Å². The standard InChI is InChI=1S/C16H22O3/c1-2-3-4-5-6-14(17)11-12-16(19)13-7-9-15(18)10-8-13/h7-10,18H,2-6,11-12H2,1H3. The number of unbranched alkanes of at least 4 members (excludes halogenated alkanes) is 3. The van der Waals surface area contributed by atoms with Crippen LogP contribution in [0.2, 0.25) is 0 Å². The second-order valence-electron chi connectivity index (χ2n) is 4.82. The molecular weight excluding hydrogens is 240 g/mol. The summed E-state index contributed by atoms with van der Waals surface area (Å²) in [6.45, 7) is 2.14. The number of hydrogen-bond acceptors (Lipinski definition) is 3. The second kappa shape index (κ2) is 8.46. The number of ketones is 2. The lowest BCUT2D eigenvalue weighted by Gasteiger charge is -2.02. The van der Waals surface area contributed by atoms with Crippen molar-refractivity contribution < 1.29 is 14.7 Å². The number of carbonyl (C=O) groups is 2. The molecule has 1 N–H and O–H groups in total. The third kappa shape index (κ3) is 6.18. The molecular formula is C16H22O3. The highest BCUT2D eigenvalue weighted by atomic mass is 16.3. The topological polar surface area (TPSA) is 54.4 Å². The third-order valence-corrected chi connectivity index (χ3v) is 3.13. The van der Waals surface area contributed by atoms with Crippen molar-refractivity contribution in [2.24, 2.45) is 0 Å². The fourth-order valence-corrected chi connectivity index (χ4v) is 1.92. The predicted molar refractivity (Wildman–Crippen MR) is 75.4 cm³/mol. The largest absolute Gasteiger partial charge is 0.508 e. The second-order valence-corrected chi connectivity index (χ2v) is 4.82. The number of Topliss-reactive ketones (excluding diaryl/α,β-unsaturated/α-hetero) is 2. The molecule has 0 fully saturated rings. The van der Waals surface area contributed by atoms with Gasteiger partial charge < -0.3 is 5.11 Å². The molecule has 0 amide bonds. The summed E-state index contributed by atoms with van der Waals surface area (Å²) in [7, 11) is 0. The summed E-state index contributed by atoms with van der Waals surface area (Å²) in [5.74, 6) is 0.272. The summed E-state index contributed by atoms with van der Waals surface area (Å²) in [5.41, 5.74) is 0.552. The van der Waals surface area contributed by atoms with E-state index in [9.17, 15) is 9.59 Å². The van der Waals surface area contributed by atoms with Crippen molar-refractivity contribution in [1.82, 2.24) is 0 Å². The van der Waals surface area contributed by atoms with E-state index in [1.807, 2.05) is 0 Å². The summed E-state index contributed by atoms with van der Waals surface area (Å²) in [6, 6.07) is 6.15. The van der Waals surface area contributed by atoms with Gasteiger partial charge in [0, 0.05) is 24.8 Å². The van der Waals surface area contributed by atoms with E-state index >= 15 is 0 Å². The van der Waals surface area contributed by atoms with E-state index in [4.69, 9.17) is 5.11 Å². The molecule has 0 aromatic heterocycles. The molecule has 104 valence electrons. The highest BCUT2D eigenvalue weighted by molar-refractivity contribution is 5.98. The predicted octanol–water partition coefficient (Wildman–Crippen LogP) is 3.89. The number of carbonyl (C=O) groups excluding carboxylic acids is 2. The van der Waals surface area contributed by atoms with E-state index in [1.54, 1.807) is 12.1 Å². The molecule has 0 saturated carbocycles. The van der Waals surface area contributed by atoms with Crippen LogP contribution in [0, 0.1) is 0 Å². The molecule has 0 saturated heterocycles. The average Bonchev–Trinajstić information content (AvgIpc) is 2.42. The van der Waals surface area contributed by atoms with Crippen molar-refractivity contribution in [1.29, 1.82) is 0 Å². The van der Waals surface area contributed by atoms with Crippen LogP contribution in [-0.4, -0.2) is 16.7 Å². The lowest BCUT2D eigenvalue weighted by atomic mass is 10.0. The summed E-state index contributed by atoms with van der Waals surface area (Å²) < 4.78 is 0. The summed E-state index contributed by atoms with van der Waals surface area (Å²) in [4.78, 5) is 23.4. The Morgan fingerprint density at radius 2 is 1.63 bits per heavy atom. The molecule has 3 nitrogen and oxygen atoms in total. The quantitative estimate of drug-likeness (QED) is 0.542. The Bertz CT molecular complexity index is 407. The highest BCUT2D eigenvalue weighted by Gasteiger charge is 2.09. The van der Waals surface area contributed by atoms with E-state index in [2.05, 4.69) is 6.92 Å². The fraction of sp³-hybridized carbons (Fsp3) is 0.500. The van der Waals surface area contributed by atoms with Crippen molar-refractivity contribution in [3.8, 4) is 5.75 Å². The van der Waals surface area contributed by atoms with Crippen LogP contribution >= 0.6 is 0 Å². The van der Waals surface area contributed by atoms with Gasteiger partial charge in [-0.2, -0.15) is 0 Å². The number of aromatic hydroxyl groups is 1. The van der Waals surface area contributed by atoms with E-state index in [0.717, 1.165) is 19.3 Å². The van der Waals surface area contributed by atoms with Crippen molar-refractivity contribution in [3.05, 3.63) is 29.8 Å². The van der Waals surface area contributed by atoms with Crippen LogP contribution in [0.25, 0.3) is 0 Å². The fourth-order valence-electron chi connectivity index (χ4n) is 1.92. The Hall–Kier alpha value is -1.64. The first-order valence-electron chi connectivity index (χ1n) is 6.97. The zero-order chi connectivity index (χ0) is 14.1. The van der Waals surface area contributed by atoms with Crippen LogP contribution in [0.4, 0.5) is 0 Å². The molecule has 0 radical (unpaired) electrons. The van der Waals surface area contributed by atoms with Gasteiger partial charge in [0.1, 0.15) is 11.5 Å². The van der Waals surface area contributed by atoms with Gasteiger partial charge in [0.15, 0.2) is 5.78 Å². The van der Waals surface area contributed by atoms with Crippen LogP contribution in [0.5, 0.6) is 5.75 Å². The van der Waals surface area contributed by atoms with Gasteiger partial charge in [0.25, 0.3) is 0 Å². The molecule has 0 heterocycles. The van der Waals surface area contributed by atoms with Crippen molar-refractivity contribution >= 4 is 11.6 Å². The minimum Gasteiger partial charge on any atom is -0.508 e. The molecule has 0 aliphatic carbocycles. The van der Waals surface area contributed by atoms with Crippen LogP contribution in [-0.2, 0) is 4.79 Å². The molecule has 3 heteroatoms. The SMILES string of the molecule is CCCCCCC(=O)CCC(=O)c1ccc(O)cc1. The Labute approximate surface area is 114 Å².